The third kappa shape index (κ3) is 4.65. The first-order valence-electron chi connectivity index (χ1n) is 6.38. The summed E-state index contributed by atoms with van der Waals surface area (Å²) in [5.74, 6) is -0.0660. The molecule has 0 radical (unpaired) electrons. The van der Waals surface area contributed by atoms with Crippen molar-refractivity contribution in [3.8, 4) is 11.5 Å². The molecular weight excluding hydrogens is 214 g/mol. The maximum Gasteiger partial charge on any atom is 0.161 e. The molecule has 3 heteroatoms. The second-order valence-corrected chi connectivity index (χ2v) is 4.56. The summed E-state index contributed by atoms with van der Waals surface area (Å²) in [7, 11) is 0. The van der Waals surface area contributed by atoms with Crippen LogP contribution in [0.4, 0.5) is 0 Å². The largest absolute Gasteiger partial charge is 0.504 e. The average molecular weight is 237 g/mol. The van der Waals surface area contributed by atoms with E-state index in [9.17, 15) is 10.2 Å². The fraction of sp³-hybridized carbons (Fsp3) is 0.571. The van der Waals surface area contributed by atoms with E-state index in [-0.39, 0.29) is 11.5 Å². The highest BCUT2D eigenvalue weighted by Gasteiger charge is 2.07. The van der Waals surface area contributed by atoms with Gasteiger partial charge in [0, 0.05) is 18.2 Å². The monoisotopic (exact) mass is 237 g/mol. The van der Waals surface area contributed by atoms with E-state index in [1.807, 2.05) is 6.07 Å². The van der Waals surface area contributed by atoms with Gasteiger partial charge in [-0.25, -0.2) is 0 Å². The Bertz CT molecular complexity index is 339. The van der Waals surface area contributed by atoms with E-state index in [2.05, 4.69) is 19.2 Å². The number of benzene rings is 1. The summed E-state index contributed by atoms with van der Waals surface area (Å²) in [6.45, 7) is 4.94. The Hall–Kier alpha value is -1.22. The number of para-hydroxylation sites is 1. The standard InChI is InChI=1S/C14H23NO2/c1-3-4-5-7-11(2)15-10-12-8-6-9-13(16)14(12)17/h6,8-9,11,15-17H,3-5,7,10H2,1-2H3. The summed E-state index contributed by atoms with van der Waals surface area (Å²) in [6.07, 6.45) is 4.88. The fourth-order valence-electron chi connectivity index (χ4n) is 1.81. The van der Waals surface area contributed by atoms with E-state index >= 15 is 0 Å². The van der Waals surface area contributed by atoms with Crippen LogP contribution in [0.3, 0.4) is 0 Å². The van der Waals surface area contributed by atoms with Crippen LogP contribution in [0.2, 0.25) is 0 Å². The molecule has 1 aromatic rings. The summed E-state index contributed by atoms with van der Waals surface area (Å²) in [5, 5.41) is 22.4. The van der Waals surface area contributed by atoms with Gasteiger partial charge in [-0.05, 0) is 19.4 Å². The van der Waals surface area contributed by atoms with Crippen LogP contribution in [0.1, 0.15) is 45.1 Å². The molecule has 0 aromatic heterocycles. The van der Waals surface area contributed by atoms with Crippen LogP contribution in [0.15, 0.2) is 18.2 Å². The molecule has 96 valence electrons. The molecule has 0 saturated carbocycles. The summed E-state index contributed by atoms with van der Waals surface area (Å²) < 4.78 is 0. The number of hydrogen-bond acceptors (Lipinski definition) is 3. The smallest absolute Gasteiger partial charge is 0.161 e. The fourth-order valence-corrected chi connectivity index (χ4v) is 1.81. The van der Waals surface area contributed by atoms with Gasteiger partial charge in [-0.1, -0.05) is 38.3 Å². The number of nitrogens with one attached hydrogen (secondary N) is 1. The molecule has 0 heterocycles. The minimum atomic E-state index is -0.0528. The van der Waals surface area contributed by atoms with Gasteiger partial charge in [-0.3, -0.25) is 0 Å². The molecule has 0 saturated heterocycles. The van der Waals surface area contributed by atoms with Crippen LogP contribution >= 0.6 is 0 Å². The lowest BCUT2D eigenvalue weighted by atomic mass is 10.1. The lowest BCUT2D eigenvalue weighted by Gasteiger charge is -2.14. The zero-order valence-corrected chi connectivity index (χ0v) is 10.7. The summed E-state index contributed by atoms with van der Waals surface area (Å²) in [4.78, 5) is 0. The lowest BCUT2D eigenvalue weighted by Crippen LogP contribution is -2.25. The highest BCUT2D eigenvalue weighted by Crippen LogP contribution is 2.27. The van der Waals surface area contributed by atoms with Gasteiger partial charge in [0.1, 0.15) is 0 Å². The van der Waals surface area contributed by atoms with Crippen LogP contribution in [-0.2, 0) is 6.54 Å². The Morgan fingerprint density at radius 1 is 1.24 bits per heavy atom. The Balaban J connectivity index is 2.37. The molecule has 1 atom stereocenters. The number of hydrogen-bond donors (Lipinski definition) is 3. The second kappa shape index (κ2) is 7.17. The van der Waals surface area contributed by atoms with E-state index in [1.54, 1.807) is 6.07 Å². The van der Waals surface area contributed by atoms with Gasteiger partial charge in [-0.2, -0.15) is 0 Å². The van der Waals surface area contributed by atoms with Crippen molar-refractivity contribution < 1.29 is 10.2 Å². The number of unbranched alkanes of at least 4 members (excludes halogenated alkanes) is 2. The van der Waals surface area contributed by atoms with E-state index in [0.29, 0.717) is 12.6 Å². The van der Waals surface area contributed by atoms with Gasteiger partial charge in [-0.15, -0.1) is 0 Å². The van der Waals surface area contributed by atoms with Crippen LogP contribution < -0.4 is 5.32 Å². The van der Waals surface area contributed by atoms with Crippen molar-refractivity contribution in [2.24, 2.45) is 0 Å². The van der Waals surface area contributed by atoms with Gasteiger partial charge >= 0.3 is 0 Å². The highest BCUT2D eigenvalue weighted by molar-refractivity contribution is 5.44. The summed E-state index contributed by atoms with van der Waals surface area (Å²) >= 11 is 0. The molecule has 0 fully saturated rings. The first-order valence-corrected chi connectivity index (χ1v) is 6.38. The van der Waals surface area contributed by atoms with E-state index in [4.69, 9.17) is 0 Å². The highest BCUT2D eigenvalue weighted by atomic mass is 16.3. The molecule has 0 aliphatic carbocycles. The number of aromatic hydroxyl groups is 2. The van der Waals surface area contributed by atoms with Crippen molar-refractivity contribution in [1.29, 1.82) is 0 Å². The minimum absolute atomic E-state index is 0.0132. The third-order valence-electron chi connectivity index (χ3n) is 2.98. The maximum absolute atomic E-state index is 9.63. The molecule has 0 bridgehead atoms. The normalized spacial score (nSPS) is 12.6. The van der Waals surface area contributed by atoms with Crippen molar-refractivity contribution in [3.63, 3.8) is 0 Å². The zero-order valence-electron chi connectivity index (χ0n) is 10.7. The molecule has 1 unspecified atom stereocenters. The Morgan fingerprint density at radius 2 is 2.00 bits per heavy atom. The molecule has 0 aliphatic rings. The minimum Gasteiger partial charge on any atom is -0.504 e. The molecule has 1 aromatic carbocycles. The van der Waals surface area contributed by atoms with Gasteiger partial charge in [0.25, 0.3) is 0 Å². The first kappa shape index (κ1) is 13.8. The van der Waals surface area contributed by atoms with E-state index in [0.717, 1.165) is 12.0 Å². The van der Waals surface area contributed by atoms with E-state index < -0.39 is 0 Å². The van der Waals surface area contributed by atoms with Gasteiger partial charge in [0.05, 0.1) is 0 Å². The molecular formula is C14H23NO2. The van der Waals surface area contributed by atoms with Gasteiger partial charge in [0.2, 0.25) is 0 Å². The Labute approximate surface area is 103 Å². The number of phenols is 2. The van der Waals surface area contributed by atoms with Crippen LogP contribution in [0, 0.1) is 0 Å². The second-order valence-electron chi connectivity index (χ2n) is 4.56. The lowest BCUT2D eigenvalue weighted by molar-refractivity contribution is 0.395. The molecule has 3 nitrogen and oxygen atoms in total. The molecule has 1 rings (SSSR count). The predicted octanol–water partition coefficient (Wildman–Crippen LogP) is 3.16. The molecule has 0 aliphatic heterocycles. The third-order valence-corrected chi connectivity index (χ3v) is 2.98. The first-order chi connectivity index (χ1) is 8.15. The van der Waals surface area contributed by atoms with Gasteiger partial charge < -0.3 is 15.5 Å². The predicted molar refractivity (Wildman–Crippen MR) is 70.2 cm³/mol. The molecule has 3 N–H and O–H groups in total. The number of phenolic OH excluding ortho intramolecular Hbond substituents is 2. The summed E-state index contributed by atoms with van der Waals surface area (Å²) in [5.41, 5.74) is 0.743. The SMILES string of the molecule is CCCCCC(C)NCc1cccc(O)c1O. The Kier molecular flexibility index (Phi) is 5.84. The van der Waals surface area contributed by atoms with Crippen molar-refractivity contribution in [1.82, 2.24) is 5.32 Å². The zero-order chi connectivity index (χ0) is 12.7. The maximum atomic E-state index is 9.63. The molecule has 17 heavy (non-hydrogen) atoms. The number of rotatable bonds is 7. The Morgan fingerprint density at radius 3 is 2.71 bits per heavy atom. The van der Waals surface area contributed by atoms with Crippen LogP contribution in [0.25, 0.3) is 0 Å². The van der Waals surface area contributed by atoms with E-state index in [1.165, 1.54) is 25.3 Å². The van der Waals surface area contributed by atoms with Gasteiger partial charge in [0.15, 0.2) is 11.5 Å². The van der Waals surface area contributed by atoms with Crippen LogP contribution in [0.5, 0.6) is 11.5 Å². The average Bonchev–Trinajstić information content (AvgIpc) is 2.31. The van der Waals surface area contributed by atoms with Crippen LogP contribution in [-0.4, -0.2) is 16.3 Å². The quantitative estimate of drug-likeness (QED) is 0.504. The van der Waals surface area contributed by atoms with Crippen molar-refractivity contribution in [2.45, 2.75) is 52.1 Å². The summed E-state index contributed by atoms with van der Waals surface area (Å²) in [6, 6.07) is 5.49. The topological polar surface area (TPSA) is 52.5 Å². The van der Waals surface area contributed by atoms with Crippen molar-refractivity contribution in [3.05, 3.63) is 23.8 Å². The van der Waals surface area contributed by atoms with Crippen molar-refractivity contribution >= 4 is 0 Å². The van der Waals surface area contributed by atoms with Crippen molar-refractivity contribution in [2.75, 3.05) is 0 Å². The molecule has 0 amide bonds. The molecule has 0 spiro atoms.